The van der Waals surface area contributed by atoms with Crippen LogP contribution in [0.5, 0.6) is 17.2 Å². The Kier molecular flexibility index (Phi) is 6.03. The Hall–Kier alpha value is -2.22. The van der Waals surface area contributed by atoms with E-state index in [1.54, 1.807) is 21.3 Å². The van der Waals surface area contributed by atoms with Gasteiger partial charge in [-0.05, 0) is 25.1 Å². The van der Waals surface area contributed by atoms with Gasteiger partial charge in [0, 0.05) is 37.2 Å². The van der Waals surface area contributed by atoms with Crippen molar-refractivity contribution in [2.75, 3.05) is 34.4 Å². The second kappa shape index (κ2) is 8.44. The molecule has 3 N–H and O–H groups in total. The first-order valence-electron chi connectivity index (χ1n) is 8.70. The monoisotopic (exact) mass is 361 g/mol. The van der Waals surface area contributed by atoms with Crippen molar-refractivity contribution in [3.63, 3.8) is 0 Å². The first-order chi connectivity index (χ1) is 12.7. The molecule has 1 aromatic heterocycles. The zero-order valence-electron chi connectivity index (χ0n) is 15.7. The molecule has 0 amide bonds. The van der Waals surface area contributed by atoms with Crippen LogP contribution < -0.4 is 30.4 Å². The maximum absolute atomic E-state index is 5.77. The standard InChI is InChI=1S/C19H27N3O4/c1-12-5-6-15(26-12)19-14(11-21-22-19)10-20-9-13-7-17(24-3)18(25-4)8-16(13)23-2/h5-8,14,19-22H,9-11H2,1-4H3. The van der Waals surface area contributed by atoms with E-state index < -0.39 is 0 Å². The molecule has 2 unspecified atom stereocenters. The molecule has 26 heavy (non-hydrogen) atoms. The van der Waals surface area contributed by atoms with Gasteiger partial charge < -0.3 is 23.9 Å². The van der Waals surface area contributed by atoms with E-state index in [0.29, 0.717) is 24.0 Å². The average Bonchev–Trinajstić information content (AvgIpc) is 3.29. The lowest BCUT2D eigenvalue weighted by Gasteiger charge is -2.18. The molecule has 1 aliphatic heterocycles. The summed E-state index contributed by atoms with van der Waals surface area (Å²) in [6.45, 7) is 4.34. The van der Waals surface area contributed by atoms with Crippen molar-refractivity contribution in [1.82, 2.24) is 16.2 Å². The predicted octanol–water partition coefficient (Wildman–Crippen LogP) is 2.17. The van der Waals surface area contributed by atoms with E-state index in [0.717, 1.165) is 35.9 Å². The minimum absolute atomic E-state index is 0.156. The number of hydrogen-bond acceptors (Lipinski definition) is 7. The summed E-state index contributed by atoms with van der Waals surface area (Å²) in [7, 11) is 4.91. The zero-order chi connectivity index (χ0) is 18.5. The fraction of sp³-hybridized carbons (Fsp3) is 0.474. The SMILES string of the molecule is COc1cc(OC)c(OC)cc1CNCC1CNNC1c1ccc(C)o1. The molecular formula is C19H27N3O4. The van der Waals surface area contributed by atoms with E-state index in [1.165, 1.54) is 0 Å². The van der Waals surface area contributed by atoms with Crippen LogP contribution in [0, 0.1) is 12.8 Å². The van der Waals surface area contributed by atoms with Crippen LogP contribution in [0.25, 0.3) is 0 Å². The molecule has 7 nitrogen and oxygen atoms in total. The quantitative estimate of drug-likeness (QED) is 0.665. The van der Waals surface area contributed by atoms with Crippen molar-refractivity contribution < 1.29 is 18.6 Å². The summed E-state index contributed by atoms with van der Waals surface area (Å²) in [5.74, 6) is 4.39. The Balaban J connectivity index is 1.64. The second-order valence-corrected chi connectivity index (χ2v) is 6.36. The number of nitrogens with one attached hydrogen (secondary N) is 3. The molecule has 0 aliphatic carbocycles. The molecule has 2 atom stereocenters. The lowest BCUT2D eigenvalue weighted by molar-refractivity contribution is 0.345. The molecule has 1 aromatic carbocycles. The molecule has 142 valence electrons. The van der Waals surface area contributed by atoms with Gasteiger partial charge in [-0.3, -0.25) is 5.43 Å². The summed E-state index contributed by atoms with van der Waals surface area (Å²) >= 11 is 0. The Bertz CT molecular complexity index is 732. The van der Waals surface area contributed by atoms with Gasteiger partial charge in [-0.1, -0.05) is 0 Å². The highest BCUT2D eigenvalue weighted by Gasteiger charge is 2.30. The number of hydrazine groups is 1. The smallest absolute Gasteiger partial charge is 0.164 e. The van der Waals surface area contributed by atoms with Crippen LogP contribution in [0.2, 0.25) is 0 Å². The minimum Gasteiger partial charge on any atom is -0.496 e. The van der Waals surface area contributed by atoms with Gasteiger partial charge in [-0.2, -0.15) is 0 Å². The van der Waals surface area contributed by atoms with Crippen molar-refractivity contribution in [2.24, 2.45) is 5.92 Å². The molecule has 1 fully saturated rings. The third-order valence-corrected chi connectivity index (χ3v) is 4.67. The first kappa shape index (κ1) is 18.6. The summed E-state index contributed by atoms with van der Waals surface area (Å²) in [4.78, 5) is 0. The van der Waals surface area contributed by atoms with Crippen molar-refractivity contribution >= 4 is 0 Å². The molecule has 2 heterocycles. The molecule has 7 heteroatoms. The molecule has 2 aromatic rings. The number of furan rings is 1. The number of hydrogen-bond donors (Lipinski definition) is 3. The van der Waals surface area contributed by atoms with Crippen LogP contribution in [-0.2, 0) is 6.54 Å². The van der Waals surface area contributed by atoms with Gasteiger partial charge >= 0.3 is 0 Å². The Labute approximate surface area is 154 Å². The fourth-order valence-corrected chi connectivity index (χ4v) is 3.27. The number of aryl methyl sites for hydroxylation is 1. The first-order valence-corrected chi connectivity index (χ1v) is 8.70. The molecule has 1 aliphatic rings. The van der Waals surface area contributed by atoms with E-state index >= 15 is 0 Å². The lowest BCUT2D eigenvalue weighted by atomic mass is 10.00. The second-order valence-electron chi connectivity index (χ2n) is 6.36. The Morgan fingerprint density at radius 2 is 1.81 bits per heavy atom. The van der Waals surface area contributed by atoms with Crippen LogP contribution >= 0.6 is 0 Å². The van der Waals surface area contributed by atoms with Crippen molar-refractivity contribution in [1.29, 1.82) is 0 Å². The van der Waals surface area contributed by atoms with E-state index in [9.17, 15) is 0 Å². The molecule has 1 saturated heterocycles. The van der Waals surface area contributed by atoms with Gasteiger partial charge in [0.2, 0.25) is 0 Å². The van der Waals surface area contributed by atoms with Crippen molar-refractivity contribution in [2.45, 2.75) is 19.5 Å². The summed E-state index contributed by atoms with van der Waals surface area (Å²) in [6.07, 6.45) is 0. The number of methoxy groups -OCH3 is 3. The van der Waals surface area contributed by atoms with Gasteiger partial charge in [0.15, 0.2) is 11.5 Å². The average molecular weight is 361 g/mol. The molecule has 3 rings (SSSR count). The van der Waals surface area contributed by atoms with Crippen LogP contribution in [0.3, 0.4) is 0 Å². The summed E-state index contributed by atoms with van der Waals surface area (Å²) in [5.41, 5.74) is 7.54. The number of rotatable bonds is 8. The van der Waals surface area contributed by atoms with Crippen LogP contribution in [0.1, 0.15) is 23.1 Å². The highest BCUT2D eigenvalue weighted by Crippen LogP contribution is 2.34. The molecule has 0 spiro atoms. The highest BCUT2D eigenvalue weighted by atomic mass is 16.5. The van der Waals surface area contributed by atoms with Crippen molar-refractivity contribution in [3.05, 3.63) is 41.3 Å². The van der Waals surface area contributed by atoms with Gasteiger partial charge in [-0.25, -0.2) is 5.43 Å². The van der Waals surface area contributed by atoms with E-state index in [4.69, 9.17) is 18.6 Å². The Morgan fingerprint density at radius 3 is 2.46 bits per heavy atom. The predicted molar refractivity (Wildman–Crippen MR) is 98.6 cm³/mol. The van der Waals surface area contributed by atoms with Gasteiger partial charge in [0.05, 0.1) is 27.4 Å². The topological polar surface area (TPSA) is 76.9 Å². The maximum Gasteiger partial charge on any atom is 0.164 e. The molecule has 0 saturated carbocycles. The maximum atomic E-state index is 5.77. The van der Waals surface area contributed by atoms with Crippen LogP contribution in [-0.4, -0.2) is 34.4 Å². The number of ether oxygens (including phenoxy) is 3. The van der Waals surface area contributed by atoms with Crippen LogP contribution in [0.15, 0.2) is 28.7 Å². The van der Waals surface area contributed by atoms with Gasteiger partial charge in [0.1, 0.15) is 17.3 Å². The summed E-state index contributed by atoms with van der Waals surface area (Å²) < 4.78 is 22.0. The largest absolute Gasteiger partial charge is 0.496 e. The Morgan fingerprint density at radius 1 is 1.08 bits per heavy atom. The highest BCUT2D eigenvalue weighted by molar-refractivity contribution is 5.50. The van der Waals surface area contributed by atoms with E-state index in [2.05, 4.69) is 16.2 Å². The van der Waals surface area contributed by atoms with E-state index in [-0.39, 0.29) is 6.04 Å². The lowest BCUT2D eigenvalue weighted by Crippen LogP contribution is -2.28. The summed E-state index contributed by atoms with van der Waals surface area (Å²) in [6, 6.07) is 7.98. The fourth-order valence-electron chi connectivity index (χ4n) is 3.27. The zero-order valence-corrected chi connectivity index (χ0v) is 15.7. The third kappa shape index (κ3) is 3.95. The van der Waals surface area contributed by atoms with E-state index in [1.807, 2.05) is 31.2 Å². The normalized spacial score (nSPS) is 19.5. The molecule has 0 bridgehead atoms. The van der Waals surface area contributed by atoms with Crippen molar-refractivity contribution in [3.8, 4) is 17.2 Å². The molecular weight excluding hydrogens is 334 g/mol. The summed E-state index contributed by atoms with van der Waals surface area (Å²) in [5, 5.41) is 3.52. The molecule has 0 radical (unpaired) electrons. The van der Waals surface area contributed by atoms with Gasteiger partial charge in [0.25, 0.3) is 0 Å². The number of benzene rings is 1. The van der Waals surface area contributed by atoms with Gasteiger partial charge in [-0.15, -0.1) is 0 Å². The third-order valence-electron chi connectivity index (χ3n) is 4.67. The minimum atomic E-state index is 0.156. The van der Waals surface area contributed by atoms with Crippen LogP contribution in [0.4, 0.5) is 0 Å².